The van der Waals surface area contributed by atoms with Crippen LogP contribution >= 0.6 is 11.6 Å². The van der Waals surface area contributed by atoms with Gasteiger partial charge in [-0.15, -0.1) is 0 Å². The number of hydrogen-bond donors (Lipinski definition) is 1. The van der Waals surface area contributed by atoms with Crippen LogP contribution in [0.15, 0.2) is 12.1 Å². The summed E-state index contributed by atoms with van der Waals surface area (Å²) in [6.07, 6.45) is 3.42. The molecule has 0 spiro atoms. The normalized spacial score (nSPS) is 24.1. The van der Waals surface area contributed by atoms with Crippen LogP contribution in [0.3, 0.4) is 0 Å². The van der Waals surface area contributed by atoms with E-state index in [4.69, 9.17) is 16.7 Å². The van der Waals surface area contributed by atoms with E-state index >= 15 is 0 Å². The van der Waals surface area contributed by atoms with Crippen molar-refractivity contribution in [3.63, 3.8) is 0 Å². The number of rotatable bonds is 2. The Hall–Kier alpha value is -1.29. The molecule has 1 saturated heterocycles. The van der Waals surface area contributed by atoms with Gasteiger partial charge in [-0.3, -0.25) is 0 Å². The van der Waals surface area contributed by atoms with Gasteiger partial charge in [0.2, 0.25) is 0 Å². The maximum atomic E-state index is 11.1. The first kappa shape index (κ1) is 13.1. The molecule has 0 aromatic carbocycles. The van der Waals surface area contributed by atoms with Crippen molar-refractivity contribution in [2.24, 2.45) is 0 Å². The predicted octanol–water partition coefficient (Wildman–Crippen LogP) is 3.20. The Kier molecular flexibility index (Phi) is 3.76. The summed E-state index contributed by atoms with van der Waals surface area (Å²) in [6, 6.07) is 4.17. The molecule has 1 aliphatic heterocycles. The molecule has 0 amide bonds. The van der Waals surface area contributed by atoms with Crippen LogP contribution in [-0.2, 0) is 0 Å². The van der Waals surface area contributed by atoms with Crippen LogP contribution in [-0.4, -0.2) is 28.1 Å². The minimum atomic E-state index is -1.08. The number of aromatic carboxylic acids is 1. The van der Waals surface area contributed by atoms with Crippen molar-refractivity contribution in [1.82, 2.24) is 4.98 Å². The molecule has 1 aromatic heterocycles. The smallest absolute Gasteiger partial charge is 0.356 e. The average molecular weight is 269 g/mol. The van der Waals surface area contributed by atoms with Crippen LogP contribution in [0.25, 0.3) is 0 Å². The van der Waals surface area contributed by atoms with E-state index in [0.29, 0.717) is 17.9 Å². The average Bonchev–Trinajstić information content (AvgIpc) is 2.30. The van der Waals surface area contributed by atoms with Crippen molar-refractivity contribution >= 4 is 23.4 Å². The number of carboxylic acid groups (broad SMARTS) is 1. The van der Waals surface area contributed by atoms with Crippen LogP contribution in [0.2, 0.25) is 5.02 Å². The Balaban J connectivity index is 2.38. The van der Waals surface area contributed by atoms with Gasteiger partial charge in [0, 0.05) is 12.1 Å². The minimum absolute atomic E-state index is 0.0702. The zero-order valence-electron chi connectivity index (χ0n) is 10.6. The molecule has 0 radical (unpaired) electrons. The number of halogens is 1. The van der Waals surface area contributed by atoms with Gasteiger partial charge in [-0.2, -0.15) is 0 Å². The van der Waals surface area contributed by atoms with Crippen LogP contribution in [0, 0.1) is 0 Å². The van der Waals surface area contributed by atoms with E-state index in [2.05, 4.69) is 23.7 Å². The highest BCUT2D eigenvalue weighted by Gasteiger charge is 2.26. The fraction of sp³-hybridized carbons (Fsp3) is 0.538. The van der Waals surface area contributed by atoms with Gasteiger partial charge in [-0.05, 0) is 45.2 Å². The number of carboxylic acids is 1. The van der Waals surface area contributed by atoms with Crippen LogP contribution in [0.5, 0.6) is 0 Å². The number of hydrogen-bond acceptors (Lipinski definition) is 3. The summed E-state index contributed by atoms with van der Waals surface area (Å²) in [7, 11) is 0. The number of nitrogens with zero attached hydrogens (tertiary/aromatic N) is 2. The van der Waals surface area contributed by atoms with Gasteiger partial charge in [0.1, 0.15) is 5.82 Å². The monoisotopic (exact) mass is 268 g/mol. The van der Waals surface area contributed by atoms with Crippen molar-refractivity contribution in [3.8, 4) is 0 Å². The molecule has 2 heterocycles. The summed E-state index contributed by atoms with van der Waals surface area (Å²) in [5.41, 5.74) is -0.0702. The summed E-state index contributed by atoms with van der Waals surface area (Å²) in [5, 5.41) is 9.24. The second kappa shape index (κ2) is 5.14. The third-order valence-electron chi connectivity index (χ3n) is 3.49. The molecule has 98 valence electrons. The second-order valence-electron chi connectivity index (χ2n) is 4.84. The molecule has 18 heavy (non-hydrogen) atoms. The van der Waals surface area contributed by atoms with E-state index in [1.807, 2.05) is 0 Å². The first-order chi connectivity index (χ1) is 8.50. The highest BCUT2D eigenvalue weighted by molar-refractivity contribution is 6.33. The summed E-state index contributed by atoms with van der Waals surface area (Å²) < 4.78 is 0. The van der Waals surface area contributed by atoms with Crippen molar-refractivity contribution in [3.05, 3.63) is 22.8 Å². The van der Waals surface area contributed by atoms with Gasteiger partial charge in [0.05, 0.1) is 5.02 Å². The van der Waals surface area contributed by atoms with Crippen molar-refractivity contribution in [1.29, 1.82) is 0 Å². The topological polar surface area (TPSA) is 53.4 Å². The summed E-state index contributed by atoms with van der Waals surface area (Å²) in [6.45, 7) is 4.29. The minimum Gasteiger partial charge on any atom is -0.476 e. The second-order valence-corrected chi connectivity index (χ2v) is 5.25. The molecule has 5 heteroatoms. The van der Waals surface area contributed by atoms with Crippen molar-refractivity contribution < 1.29 is 9.90 Å². The molecule has 2 rings (SSSR count). The molecule has 2 atom stereocenters. The third kappa shape index (κ3) is 2.43. The SMILES string of the molecule is C[C@@H]1CCC[C@H](C)N1c1ccc(Cl)c(C(=O)O)n1. The Labute approximate surface area is 112 Å². The lowest BCUT2D eigenvalue weighted by atomic mass is 9.97. The Morgan fingerprint density at radius 1 is 1.39 bits per heavy atom. The molecule has 0 bridgehead atoms. The van der Waals surface area contributed by atoms with Crippen molar-refractivity contribution in [2.75, 3.05) is 4.90 Å². The molecule has 1 N–H and O–H groups in total. The van der Waals surface area contributed by atoms with E-state index in [0.717, 1.165) is 12.8 Å². The van der Waals surface area contributed by atoms with E-state index in [1.54, 1.807) is 12.1 Å². The van der Waals surface area contributed by atoms with Gasteiger partial charge >= 0.3 is 5.97 Å². The lowest BCUT2D eigenvalue weighted by Gasteiger charge is -2.40. The summed E-state index contributed by atoms with van der Waals surface area (Å²) in [5.74, 6) is -0.379. The van der Waals surface area contributed by atoms with Gasteiger partial charge in [0.25, 0.3) is 0 Å². The first-order valence-electron chi connectivity index (χ1n) is 6.19. The number of pyridine rings is 1. The molecular formula is C13H17ClN2O2. The van der Waals surface area contributed by atoms with Crippen LogP contribution < -0.4 is 4.90 Å². The Morgan fingerprint density at radius 2 is 2.00 bits per heavy atom. The molecule has 0 unspecified atom stereocenters. The molecular weight excluding hydrogens is 252 g/mol. The Bertz CT molecular complexity index is 454. The van der Waals surface area contributed by atoms with Crippen LogP contribution in [0.4, 0.5) is 5.82 Å². The van der Waals surface area contributed by atoms with E-state index in [-0.39, 0.29) is 10.7 Å². The maximum Gasteiger partial charge on any atom is 0.356 e. The zero-order chi connectivity index (χ0) is 13.3. The van der Waals surface area contributed by atoms with Gasteiger partial charge in [0.15, 0.2) is 5.69 Å². The molecule has 4 nitrogen and oxygen atoms in total. The number of carbonyl (C=O) groups is 1. The number of aromatic nitrogens is 1. The van der Waals surface area contributed by atoms with Gasteiger partial charge in [-0.25, -0.2) is 9.78 Å². The fourth-order valence-electron chi connectivity index (χ4n) is 2.60. The lowest BCUT2D eigenvalue weighted by molar-refractivity contribution is 0.0690. The quantitative estimate of drug-likeness (QED) is 0.895. The largest absolute Gasteiger partial charge is 0.476 e. The molecule has 0 aliphatic carbocycles. The highest BCUT2D eigenvalue weighted by Crippen LogP contribution is 2.29. The molecule has 1 aromatic rings. The summed E-state index contributed by atoms with van der Waals surface area (Å²) >= 11 is 5.84. The maximum absolute atomic E-state index is 11.1. The number of anilines is 1. The molecule has 1 aliphatic rings. The predicted molar refractivity (Wildman–Crippen MR) is 71.5 cm³/mol. The highest BCUT2D eigenvalue weighted by atomic mass is 35.5. The lowest BCUT2D eigenvalue weighted by Crippen LogP contribution is -2.44. The Morgan fingerprint density at radius 3 is 2.56 bits per heavy atom. The zero-order valence-corrected chi connectivity index (χ0v) is 11.3. The standard InChI is InChI=1S/C13H17ClN2O2/c1-8-4-3-5-9(2)16(8)11-7-6-10(14)12(15-11)13(17)18/h6-9H,3-5H2,1-2H3,(H,17,18)/t8-,9+. The van der Waals surface area contributed by atoms with Crippen LogP contribution in [0.1, 0.15) is 43.6 Å². The van der Waals surface area contributed by atoms with E-state index in [1.165, 1.54) is 6.42 Å². The van der Waals surface area contributed by atoms with Gasteiger partial charge < -0.3 is 10.0 Å². The molecule has 1 fully saturated rings. The first-order valence-corrected chi connectivity index (χ1v) is 6.56. The van der Waals surface area contributed by atoms with E-state index < -0.39 is 5.97 Å². The van der Waals surface area contributed by atoms with Crippen molar-refractivity contribution in [2.45, 2.75) is 45.2 Å². The molecule has 0 saturated carbocycles. The van der Waals surface area contributed by atoms with Gasteiger partial charge in [-0.1, -0.05) is 11.6 Å². The summed E-state index contributed by atoms with van der Waals surface area (Å²) in [4.78, 5) is 17.4. The number of piperidine rings is 1. The van der Waals surface area contributed by atoms with E-state index in [9.17, 15) is 4.79 Å². The fourth-order valence-corrected chi connectivity index (χ4v) is 2.78. The third-order valence-corrected chi connectivity index (χ3v) is 3.80.